The second-order valence-corrected chi connectivity index (χ2v) is 4.93. The quantitative estimate of drug-likeness (QED) is 0.712. The molecule has 5 nitrogen and oxygen atoms in total. The zero-order valence-corrected chi connectivity index (χ0v) is 12.7. The first-order valence-electron chi connectivity index (χ1n) is 6.93. The summed E-state index contributed by atoms with van der Waals surface area (Å²) in [5.41, 5.74) is 1.98. The van der Waals surface area contributed by atoms with E-state index in [1.54, 1.807) is 25.1 Å². The van der Waals surface area contributed by atoms with Crippen molar-refractivity contribution in [2.75, 3.05) is 32.5 Å². The van der Waals surface area contributed by atoms with Gasteiger partial charge in [0.1, 0.15) is 0 Å². The van der Waals surface area contributed by atoms with E-state index < -0.39 is 0 Å². The van der Waals surface area contributed by atoms with Crippen LogP contribution in [-0.4, -0.2) is 43.9 Å². The monoisotopic (exact) mass is 289 g/mol. The van der Waals surface area contributed by atoms with Crippen molar-refractivity contribution in [2.45, 2.75) is 12.8 Å². The van der Waals surface area contributed by atoms with Gasteiger partial charge in [0.05, 0.1) is 6.54 Å². The predicted octanol–water partition coefficient (Wildman–Crippen LogP) is 1.42. The Hall–Kier alpha value is -2.30. The van der Waals surface area contributed by atoms with Crippen LogP contribution in [0.1, 0.15) is 12.0 Å². The molecule has 1 aromatic carbocycles. The fourth-order valence-electron chi connectivity index (χ4n) is 1.69. The second-order valence-electron chi connectivity index (χ2n) is 4.93. The standard InChI is InChI=1S/C16H23N3O2/c1-4-11-17-15(20)12-18-14-8-5-13(6-9-14)7-10-16(21)19(2)3/h4-6,8-9,18H,1,7,10-12H2,2-3H3,(H,17,20). The van der Waals surface area contributed by atoms with Crippen LogP contribution in [0.25, 0.3) is 0 Å². The number of carbonyl (C=O) groups excluding carboxylic acids is 2. The Labute approximate surface area is 126 Å². The number of amides is 2. The van der Waals surface area contributed by atoms with Crippen LogP contribution in [0.2, 0.25) is 0 Å². The van der Waals surface area contributed by atoms with Crippen molar-refractivity contribution in [1.82, 2.24) is 10.2 Å². The lowest BCUT2D eigenvalue weighted by molar-refractivity contribution is -0.128. The average Bonchev–Trinajstić information content (AvgIpc) is 2.49. The number of benzene rings is 1. The van der Waals surface area contributed by atoms with Crippen molar-refractivity contribution in [2.24, 2.45) is 0 Å². The van der Waals surface area contributed by atoms with Gasteiger partial charge in [-0.25, -0.2) is 0 Å². The fraction of sp³-hybridized carbons (Fsp3) is 0.375. The van der Waals surface area contributed by atoms with Crippen molar-refractivity contribution in [3.8, 4) is 0 Å². The molecule has 21 heavy (non-hydrogen) atoms. The first-order valence-corrected chi connectivity index (χ1v) is 6.93. The molecule has 0 saturated heterocycles. The summed E-state index contributed by atoms with van der Waals surface area (Å²) in [6.45, 7) is 4.24. The number of hydrogen-bond donors (Lipinski definition) is 2. The van der Waals surface area contributed by atoms with Gasteiger partial charge >= 0.3 is 0 Å². The number of aryl methyl sites for hydroxylation is 1. The second kappa shape index (κ2) is 8.79. The maximum atomic E-state index is 11.5. The summed E-state index contributed by atoms with van der Waals surface area (Å²) in [6, 6.07) is 7.76. The van der Waals surface area contributed by atoms with E-state index in [4.69, 9.17) is 0 Å². The molecule has 2 N–H and O–H groups in total. The molecular weight excluding hydrogens is 266 g/mol. The van der Waals surface area contributed by atoms with Gasteiger partial charge in [0.15, 0.2) is 0 Å². The first-order chi connectivity index (χ1) is 10.0. The van der Waals surface area contributed by atoms with Crippen molar-refractivity contribution in [3.05, 3.63) is 42.5 Å². The van der Waals surface area contributed by atoms with E-state index in [-0.39, 0.29) is 18.4 Å². The minimum absolute atomic E-state index is 0.0736. The normalized spacial score (nSPS) is 9.81. The molecular formula is C16H23N3O2. The van der Waals surface area contributed by atoms with E-state index >= 15 is 0 Å². The molecule has 0 heterocycles. The highest BCUT2D eigenvalue weighted by Gasteiger charge is 2.04. The zero-order chi connectivity index (χ0) is 15.7. The van der Waals surface area contributed by atoms with Crippen molar-refractivity contribution in [1.29, 1.82) is 0 Å². The van der Waals surface area contributed by atoms with Crippen LogP contribution in [0.4, 0.5) is 5.69 Å². The third-order valence-corrected chi connectivity index (χ3v) is 2.98. The van der Waals surface area contributed by atoms with Crippen molar-refractivity contribution < 1.29 is 9.59 Å². The minimum atomic E-state index is -0.0736. The van der Waals surface area contributed by atoms with Crippen LogP contribution in [-0.2, 0) is 16.0 Å². The molecule has 0 aliphatic rings. The van der Waals surface area contributed by atoms with Crippen molar-refractivity contribution >= 4 is 17.5 Å². The summed E-state index contributed by atoms with van der Waals surface area (Å²) in [6.07, 6.45) is 2.86. The van der Waals surface area contributed by atoms with Gasteiger partial charge in [0.25, 0.3) is 0 Å². The molecule has 114 valence electrons. The lowest BCUT2D eigenvalue weighted by Crippen LogP contribution is -2.29. The van der Waals surface area contributed by atoms with Crippen molar-refractivity contribution in [3.63, 3.8) is 0 Å². The Bertz CT molecular complexity index is 481. The third kappa shape index (κ3) is 6.61. The van der Waals surface area contributed by atoms with Gasteiger partial charge in [0.2, 0.25) is 11.8 Å². The highest BCUT2D eigenvalue weighted by Crippen LogP contribution is 2.11. The summed E-state index contributed by atoms with van der Waals surface area (Å²) >= 11 is 0. The van der Waals surface area contributed by atoms with Gasteiger partial charge in [-0.2, -0.15) is 0 Å². The van der Waals surface area contributed by atoms with E-state index in [9.17, 15) is 9.59 Å². The van der Waals surface area contributed by atoms with E-state index in [0.717, 1.165) is 17.7 Å². The molecule has 0 aliphatic carbocycles. The SMILES string of the molecule is C=CCNC(=O)CNc1ccc(CCC(=O)N(C)C)cc1. The maximum absolute atomic E-state index is 11.5. The fourth-order valence-corrected chi connectivity index (χ4v) is 1.69. The van der Waals surface area contributed by atoms with E-state index in [1.807, 2.05) is 24.3 Å². The van der Waals surface area contributed by atoms with Crippen LogP contribution in [0.15, 0.2) is 36.9 Å². The Kier molecular flexibility index (Phi) is 7.01. The number of rotatable bonds is 8. The molecule has 0 radical (unpaired) electrons. The number of nitrogens with zero attached hydrogens (tertiary/aromatic N) is 1. The largest absolute Gasteiger partial charge is 0.376 e. The number of nitrogens with one attached hydrogen (secondary N) is 2. The minimum Gasteiger partial charge on any atom is -0.376 e. The Morgan fingerprint density at radius 2 is 1.90 bits per heavy atom. The smallest absolute Gasteiger partial charge is 0.239 e. The van der Waals surface area contributed by atoms with E-state index in [0.29, 0.717) is 13.0 Å². The van der Waals surface area contributed by atoms with Crippen LogP contribution in [0, 0.1) is 0 Å². The third-order valence-electron chi connectivity index (χ3n) is 2.98. The zero-order valence-electron chi connectivity index (χ0n) is 12.7. The van der Waals surface area contributed by atoms with Gasteiger partial charge in [-0.1, -0.05) is 18.2 Å². The molecule has 0 aliphatic heterocycles. The molecule has 1 aromatic rings. The summed E-state index contributed by atoms with van der Waals surface area (Å²) < 4.78 is 0. The highest BCUT2D eigenvalue weighted by molar-refractivity contribution is 5.80. The highest BCUT2D eigenvalue weighted by atomic mass is 16.2. The molecule has 0 fully saturated rings. The molecule has 0 unspecified atom stereocenters. The first kappa shape index (κ1) is 16.8. The number of hydrogen-bond acceptors (Lipinski definition) is 3. The van der Waals surface area contributed by atoms with Gasteiger partial charge in [-0.05, 0) is 24.1 Å². The lowest BCUT2D eigenvalue weighted by Gasteiger charge is -2.10. The Morgan fingerprint density at radius 1 is 1.24 bits per heavy atom. The lowest BCUT2D eigenvalue weighted by atomic mass is 10.1. The molecule has 0 saturated carbocycles. The molecule has 0 bridgehead atoms. The number of carbonyl (C=O) groups is 2. The number of anilines is 1. The van der Waals surface area contributed by atoms with Gasteiger partial charge in [0, 0.05) is 32.7 Å². The van der Waals surface area contributed by atoms with Crippen LogP contribution >= 0.6 is 0 Å². The molecule has 0 atom stereocenters. The molecule has 0 aromatic heterocycles. The van der Waals surface area contributed by atoms with E-state index in [2.05, 4.69) is 17.2 Å². The Morgan fingerprint density at radius 3 is 2.48 bits per heavy atom. The Balaban J connectivity index is 2.38. The van der Waals surface area contributed by atoms with E-state index in [1.165, 1.54) is 0 Å². The van der Waals surface area contributed by atoms with Crippen LogP contribution in [0.3, 0.4) is 0 Å². The summed E-state index contributed by atoms with van der Waals surface area (Å²) in [5, 5.41) is 5.74. The summed E-state index contributed by atoms with van der Waals surface area (Å²) in [4.78, 5) is 24.5. The van der Waals surface area contributed by atoms with Gasteiger partial charge < -0.3 is 15.5 Å². The maximum Gasteiger partial charge on any atom is 0.239 e. The predicted molar refractivity (Wildman–Crippen MR) is 85.2 cm³/mol. The average molecular weight is 289 g/mol. The topological polar surface area (TPSA) is 61.4 Å². The van der Waals surface area contributed by atoms with Crippen LogP contribution < -0.4 is 10.6 Å². The molecule has 2 amide bonds. The van der Waals surface area contributed by atoms with Crippen LogP contribution in [0.5, 0.6) is 0 Å². The summed E-state index contributed by atoms with van der Waals surface area (Å²) in [5.74, 6) is 0.0478. The summed E-state index contributed by atoms with van der Waals surface area (Å²) in [7, 11) is 3.51. The van der Waals surface area contributed by atoms with Gasteiger partial charge in [-0.15, -0.1) is 6.58 Å². The molecule has 1 rings (SSSR count). The molecule has 0 spiro atoms. The van der Waals surface area contributed by atoms with Gasteiger partial charge in [-0.3, -0.25) is 9.59 Å². The molecule has 5 heteroatoms.